The Morgan fingerprint density at radius 3 is 2.26 bits per heavy atom. The number of methoxy groups -OCH3 is 2. The molecular formula is C19H22F2IN3O2. The smallest absolute Gasteiger partial charge is 0.193 e. The van der Waals surface area contributed by atoms with Gasteiger partial charge in [-0.1, -0.05) is 0 Å². The molecule has 0 unspecified atom stereocenters. The van der Waals surface area contributed by atoms with E-state index in [1.165, 1.54) is 12.1 Å². The van der Waals surface area contributed by atoms with E-state index in [4.69, 9.17) is 15.2 Å². The summed E-state index contributed by atoms with van der Waals surface area (Å²) in [5, 5.41) is 3.01. The summed E-state index contributed by atoms with van der Waals surface area (Å²) in [6.07, 6.45) is 1.41. The number of nitrogens with two attached hydrogens (primary N) is 1. The maximum absolute atomic E-state index is 13.3. The lowest BCUT2D eigenvalue weighted by Crippen LogP contribution is -2.31. The Hall–Kier alpha value is -2.10. The highest BCUT2D eigenvalue weighted by Gasteiger charge is 2.31. The van der Waals surface area contributed by atoms with Gasteiger partial charge in [0.1, 0.15) is 11.6 Å². The number of aliphatic imine (C=N–C) groups is 1. The molecule has 0 atom stereocenters. The average Bonchev–Trinajstić information content (AvgIpc) is 2.56. The summed E-state index contributed by atoms with van der Waals surface area (Å²) in [7, 11) is 3.13. The van der Waals surface area contributed by atoms with Gasteiger partial charge in [0, 0.05) is 17.8 Å². The predicted molar refractivity (Wildman–Crippen MR) is 112 cm³/mol. The molecule has 3 N–H and O–H groups in total. The zero-order valence-corrected chi connectivity index (χ0v) is 17.4. The molecule has 5 nitrogen and oxygen atoms in total. The zero-order valence-electron chi connectivity index (χ0n) is 15.0. The van der Waals surface area contributed by atoms with Gasteiger partial charge in [0.2, 0.25) is 0 Å². The fourth-order valence-corrected chi connectivity index (χ4v) is 3.07. The van der Waals surface area contributed by atoms with Gasteiger partial charge in [-0.15, -0.1) is 24.0 Å². The van der Waals surface area contributed by atoms with Crippen molar-refractivity contribution in [2.24, 2.45) is 10.7 Å². The Labute approximate surface area is 174 Å². The Bertz CT molecular complexity index is 806. The van der Waals surface area contributed by atoms with E-state index >= 15 is 0 Å². The van der Waals surface area contributed by atoms with Gasteiger partial charge in [-0.2, -0.15) is 0 Å². The molecule has 1 saturated carbocycles. The lowest BCUT2D eigenvalue weighted by atomic mass is 9.76. The Kier molecular flexibility index (Phi) is 7.23. The van der Waals surface area contributed by atoms with Crippen LogP contribution in [0.3, 0.4) is 0 Å². The van der Waals surface area contributed by atoms with Crippen molar-refractivity contribution >= 4 is 35.6 Å². The van der Waals surface area contributed by atoms with Crippen LogP contribution in [0.25, 0.3) is 0 Å². The van der Waals surface area contributed by atoms with Crippen molar-refractivity contribution in [3.05, 3.63) is 53.6 Å². The summed E-state index contributed by atoms with van der Waals surface area (Å²) in [5.74, 6) is 0.483. The molecule has 0 radical (unpaired) electrons. The van der Waals surface area contributed by atoms with Crippen molar-refractivity contribution in [2.45, 2.75) is 24.8 Å². The summed E-state index contributed by atoms with van der Waals surface area (Å²) in [4.78, 5) is 4.42. The van der Waals surface area contributed by atoms with Crippen molar-refractivity contribution < 1.29 is 18.3 Å². The summed E-state index contributed by atoms with van der Waals surface area (Å²) in [6, 6.07) is 9.00. The topological polar surface area (TPSA) is 68.9 Å². The molecule has 0 saturated heterocycles. The van der Waals surface area contributed by atoms with Crippen molar-refractivity contribution in [3.63, 3.8) is 0 Å². The quantitative estimate of drug-likeness (QED) is 0.374. The van der Waals surface area contributed by atoms with Gasteiger partial charge in [-0.05, 0) is 48.6 Å². The van der Waals surface area contributed by atoms with Gasteiger partial charge in [0.05, 0.1) is 20.3 Å². The van der Waals surface area contributed by atoms with Crippen LogP contribution in [-0.4, -0.2) is 26.2 Å². The van der Waals surface area contributed by atoms with Crippen molar-refractivity contribution in [1.82, 2.24) is 0 Å². The van der Waals surface area contributed by atoms with Crippen LogP contribution in [-0.2, 0) is 0 Å². The van der Waals surface area contributed by atoms with E-state index in [0.717, 1.165) is 11.8 Å². The largest absolute Gasteiger partial charge is 0.493 e. The summed E-state index contributed by atoms with van der Waals surface area (Å²) >= 11 is 0. The lowest BCUT2D eigenvalue weighted by Gasteiger charge is -2.33. The third-order valence-corrected chi connectivity index (χ3v) is 4.45. The normalized spacial score (nSPS) is 18.9. The first-order chi connectivity index (χ1) is 12.5. The van der Waals surface area contributed by atoms with Crippen LogP contribution in [0.1, 0.15) is 24.3 Å². The van der Waals surface area contributed by atoms with Crippen molar-refractivity contribution in [2.75, 3.05) is 19.5 Å². The molecule has 0 aromatic heterocycles. The third kappa shape index (κ3) is 5.21. The first-order valence-corrected chi connectivity index (χ1v) is 8.26. The van der Waals surface area contributed by atoms with E-state index < -0.39 is 11.6 Å². The number of rotatable bonds is 5. The Morgan fingerprint density at radius 1 is 1.04 bits per heavy atom. The number of halogens is 3. The summed E-state index contributed by atoms with van der Waals surface area (Å²) in [6.45, 7) is 0. The molecular weight excluding hydrogens is 467 g/mol. The molecule has 0 amide bonds. The molecule has 27 heavy (non-hydrogen) atoms. The predicted octanol–water partition coefficient (Wildman–Crippen LogP) is 4.27. The number of hydrogen-bond acceptors (Lipinski definition) is 3. The first kappa shape index (κ1) is 21.2. The zero-order chi connectivity index (χ0) is 18.7. The molecule has 0 heterocycles. The van der Waals surface area contributed by atoms with E-state index in [9.17, 15) is 8.78 Å². The first-order valence-electron chi connectivity index (χ1n) is 8.26. The number of nitrogens with one attached hydrogen (secondary N) is 1. The van der Waals surface area contributed by atoms with Gasteiger partial charge in [-0.3, -0.25) is 0 Å². The van der Waals surface area contributed by atoms with Crippen LogP contribution < -0.4 is 20.5 Å². The monoisotopic (exact) mass is 489 g/mol. The van der Waals surface area contributed by atoms with E-state index in [1.807, 2.05) is 6.07 Å². The van der Waals surface area contributed by atoms with Crippen molar-refractivity contribution in [3.8, 4) is 11.5 Å². The summed E-state index contributed by atoms with van der Waals surface area (Å²) < 4.78 is 37.0. The van der Waals surface area contributed by atoms with Gasteiger partial charge < -0.3 is 20.5 Å². The van der Waals surface area contributed by atoms with Gasteiger partial charge in [-0.25, -0.2) is 13.8 Å². The lowest BCUT2D eigenvalue weighted by molar-refractivity contribution is 0.351. The second-order valence-corrected chi connectivity index (χ2v) is 6.23. The molecule has 1 fully saturated rings. The minimum Gasteiger partial charge on any atom is -0.493 e. The molecule has 1 aliphatic rings. The van der Waals surface area contributed by atoms with Gasteiger partial charge >= 0.3 is 0 Å². The minimum absolute atomic E-state index is 0. The number of guanidine groups is 1. The maximum atomic E-state index is 13.3. The molecule has 3 rings (SSSR count). The van der Waals surface area contributed by atoms with E-state index in [1.54, 1.807) is 26.4 Å². The Balaban J connectivity index is 0.00000261. The highest BCUT2D eigenvalue weighted by molar-refractivity contribution is 14.0. The second kappa shape index (κ2) is 9.20. The number of ether oxygens (including phenoxy) is 2. The van der Waals surface area contributed by atoms with Gasteiger partial charge in [0.15, 0.2) is 17.5 Å². The number of nitrogens with zero attached hydrogens (tertiary/aromatic N) is 1. The van der Waals surface area contributed by atoms with Crippen LogP contribution in [0.4, 0.5) is 14.5 Å². The molecule has 0 spiro atoms. The van der Waals surface area contributed by atoms with Crippen LogP contribution in [0, 0.1) is 11.6 Å². The van der Waals surface area contributed by atoms with Crippen molar-refractivity contribution in [1.29, 1.82) is 0 Å². The molecule has 8 heteroatoms. The molecule has 146 valence electrons. The van der Waals surface area contributed by atoms with Crippen LogP contribution in [0.15, 0.2) is 41.4 Å². The highest BCUT2D eigenvalue weighted by Crippen LogP contribution is 2.39. The van der Waals surface area contributed by atoms with Crippen LogP contribution >= 0.6 is 24.0 Å². The van der Waals surface area contributed by atoms with E-state index in [0.29, 0.717) is 29.9 Å². The van der Waals surface area contributed by atoms with Gasteiger partial charge in [0.25, 0.3) is 0 Å². The molecule has 2 aromatic carbocycles. The minimum atomic E-state index is -0.554. The summed E-state index contributed by atoms with van der Waals surface area (Å²) in [5.41, 5.74) is 7.35. The Morgan fingerprint density at radius 2 is 1.67 bits per heavy atom. The van der Waals surface area contributed by atoms with Crippen LogP contribution in [0.2, 0.25) is 0 Å². The van der Waals surface area contributed by atoms with E-state index in [2.05, 4.69) is 10.3 Å². The molecule has 1 aliphatic carbocycles. The molecule has 0 bridgehead atoms. The fraction of sp³-hybridized carbons (Fsp3) is 0.316. The third-order valence-electron chi connectivity index (χ3n) is 4.45. The second-order valence-electron chi connectivity index (χ2n) is 6.23. The SMILES string of the molecule is COc1ccc(NC(N)=NC2CC(c3cc(F)cc(F)c3)C2)cc1OC.I. The maximum Gasteiger partial charge on any atom is 0.193 e. The molecule has 2 aromatic rings. The number of hydrogen-bond donors (Lipinski definition) is 2. The standard InChI is InChI=1S/C19H21F2N3O2.HI/c1-25-17-4-3-15(10-18(17)26-2)23-19(22)24-16-7-12(8-16)11-5-13(20)9-14(21)6-11;/h3-6,9-10,12,16H,7-8H2,1-2H3,(H3,22,23,24);1H. The fourth-order valence-electron chi connectivity index (χ4n) is 3.07. The number of benzene rings is 2. The van der Waals surface area contributed by atoms with E-state index in [-0.39, 0.29) is 41.9 Å². The number of anilines is 1. The molecule has 0 aliphatic heterocycles. The highest BCUT2D eigenvalue weighted by atomic mass is 127. The van der Waals surface area contributed by atoms with Crippen LogP contribution in [0.5, 0.6) is 11.5 Å². The average molecular weight is 489 g/mol.